The Hall–Kier alpha value is -2.84. The molecule has 4 aromatic heterocycles. The van der Waals surface area contributed by atoms with Crippen molar-refractivity contribution >= 4 is 99.7 Å². The van der Waals surface area contributed by atoms with Crippen molar-refractivity contribution in [2.45, 2.75) is 66.4 Å². The van der Waals surface area contributed by atoms with Crippen LogP contribution in [0, 0.1) is 27.7 Å². The van der Waals surface area contributed by atoms with Gasteiger partial charge in [0.25, 0.3) is 0 Å². The van der Waals surface area contributed by atoms with E-state index in [2.05, 4.69) is 90.2 Å². The van der Waals surface area contributed by atoms with Crippen LogP contribution in [-0.2, 0) is 22.4 Å². The van der Waals surface area contributed by atoms with E-state index in [1.807, 2.05) is 27.7 Å². The zero-order chi connectivity index (χ0) is 34.6. The lowest BCUT2D eigenvalue weighted by atomic mass is 10.0. The Kier molecular flexibility index (Phi) is 10.2. The number of aromatic nitrogens is 4. The van der Waals surface area contributed by atoms with E-state index in [4.69, 9.17) is 0 Å². The fourth-order valence-corrected chi connectivity index (χ4v) is 9.34. The second-order valence-corrected chi connectivity index (χ2v) is 14.9. The van der Waals surface area contributed by atoms with Gasteiger partial charge in [0, 0.05) is 24.0 Å². The van der Waals surface area contributed by atoms with Gasteiger partial charge in [-0.15, -0.1) is 0 Å². The molecule has 1 atom stereocenters. The fraction of sp³-hybridized carbons (Fsp3) is 0.294. The Balaban J connectivity index is 2.08. The van der Waals surface area contributed by atoms with Crippen LogP contribution in [0.4, 0.5) is 0 Å². The number of hydrogen-bond acceptors (Lipinski definition) is 3. The average molecular weight is 898 g/mol. The third-order valence-electron chi connectivity index (χ3n) is 8.91. The number of hydrogen-bond donors (Lipinski definition) is 7. The van der Waals surface area contributed by atoms with Crippen molar-refractivity contribution in [3.63, 3.8) is 0 Å². The van der Waals surface area contributed by atoms with Crippen LogP contribution in [0.1, 0.15) is 93.2 Å². The van der Waals surface area contributed by atoms with E-state index in [0.29, 0.717) is 25.7 Å². The van der Waals surface area contributed by atoms with Gasteiger partial charge in [0.2, 0.25) is 0 Å². The Morgan fingerprint density at radius 3 is 1.70 bits per heavy atom. The molecule has 0 saturated carbocycles. The number of rotatable bonds is 8. The summed E-state index contributed by atoms with van der Waals surface area (Å²) in [5.74, 6) is -1.83. The average Bonchev–Trinajstić information content (AvgIpc) is 3.73. The van der Waals surface area contributed by atoms with E-state index in [1.54, 1.807) is 13.0 Å². The SMILES string of the molecule is C=Cc1c(C)c2[nH]c1=C(Br)c1[nH]c(c(CCC(=O)O)c1C)C(Br)=c1[nH]c(c(C)c1CCC(=O)O)=C(Br)c1[nH]c(c(C(C)O)c1C)C=2Br. The minimum atomic E-state index is -0.917. The van der Waals surface area contributed by atoms with Gasteiger partial charge >= 0.3 is 11.9 Å². The lowest BCUT2D eigenvalue weighted by Gasteiger charge is -2.08. The quantitative estimate of drug-likeness (QED) is 0.125. The molecule has 5 rings (SSSR count). The highest BCUT2D eigenvalue weighted by atomic mass is 79.9. The molecule has 0 amide bonds. The van der Waals surface area contributed by atoms with Gasteiger partial charge in [-0.1, -0.05) is 12.7 Å². The summed E-state index contributed by atoms with van der Waals surface area (Å²) in [6.45, 7) is 13.7. The maximum atomic E-state index is 11.7. The van der Waals surface area contributed by atoms with Crippen molar-refractivity contribution in [2.75, 3.05) is 0 Å². The molecule has 1 aliphatic heterocycles. The van der Waals surface area contributed by atoms with Gasteiger partial charge in [0.15, 0.2) is 0 Å². The minimum absolute atomic E-state index is 0.0748. The molecule has 0 aliphatic carbocycles. The maximum absolute atomic E-state index is 11.7. The van der Waals surface area contributed by atoms with Crippen LogP contribution in [0.25, 0.3) is 24.0 Å². The first-order chi connectivity index (χ1) is 22.1. The minimum Gasteiger partial charge on any atom is -0.481 e. The van der Waals surface area contributed by atoms with Crippen molar-refractivity contribution < 1.29 is 24.9 Å². The number of H-pyrrole nitrogens is 4. The molecule has 0 saturated heterocycles. The van der Waals surface area contributed by atoms with E-state index in [9.17, 15) is 24.9 Å². The third-order valence-corrected chi connectivity index (χ3v) is 12.1. The van der Waals surface area contributed by atoms with Crippen molar-refractivity contribution in [2.24, 2.45) is 0 Å². The highest BCUT2D eigenvalue weighted by molar-refractivity contribution is 9.15. The lowest BCUT2D eigenvalue weighted by molar-refractivity contribution is -0.138. The number of nitrogens with one attached hydrogen (secondary N) is 4. The number of aliphatic hydroxyl groups is 1. The molecule has 1 unspecified atom stereocenters. The van der Waals surface area contributed by atoms with Crippen molar-refractivity contribution in [1.82, 2.24) is 19.9 Å². The normalized spacial score (nSPS) is 13.8. The van der Waals surface area contributed by atoms with E-state index in [1.165, 1.54) is 0 Å². The second-order valence-electron chi connectivity index (χ2n) is 11.7. The zero-order valence-electron chi connectivity index (χ0n) is 26.4. The molecular formula is C34H34Br4N4O5. The summed E-state index contributed by atoms with van der Waals surface area (Å²) in [6.07, 6.45) is 1.36. The van der Waals surface area contributed by atoms with Crippen LogP contribution in [0.3, 0.4) is 0 Å². The topological polar surface area (TPSA) is 158 Å². The van der Waals surface area contributed by atoms with Crippen molar-refractivity contribution in [3.05, 3.63) is 95.3 Å². The summed E-state index contributed by atoms with van der Waals surface area (Å²) in [4.78, 5) is 37.7. The van der Waals surface area contributed by atoms with Gasteiger partial charge < -0.3 is 35.3 Å². The van der Waals surface area contributed by atoms with E-state index < -0.39 is 18.0 Å². The summed E-state index contributed by atoms with van der Waals surface area (Å²) in [5, 5.41) is 33.2. The summed E-state index contributed by atoms with van der Waals surface area (Å²) >= 11 is 15.4. The molecule has 13 heteroatoms. The Bertz CT molecular complexity index is 2250. The monoisotopic (exact) mass is 894 g/mol. The zero-order valence-corrected chi connectivity index (χ0v) is 32.7. The van der Waals surface area contributed by atoms with Crippen LogP contribution in [0.15, 0.2) is 6.58 Å². The largest absolute Gasteiger partial charge is 0.481 e. The molecule has 47 heavy (non-hydrogen) atoms. The molecule has 0 radical (unpaired) electrons. The van der Waals surface area contributed by atoms with Crippen molar-refractivity contribution in [1.29, 1.82) is 0 Å². The molecule has 248 valence electrons. The van der Waals surface area contributed by atoms with Crippen LogP contribution < -0.4 is 21.4 Å². The number of aliphatic hydroxyl groups excluding tert-OH is 1. The fourth-order valence-electron chi connectivity index (χ4n) is 6.45. The van der Waals surface area contributed by atoms with Gasteiger partial charge in [-0.25, -0.2) is 0 Å². The van der Waals surface area contributed by atoms with E-state index in [-0.39, 0.29) is 25.7 Å². The molecule has 7 N–H and O–H groups in total. The number of fused-ring (bicyclic) bond motifs is 8. The van der Waals surface area contributed by atoms with Gasteiger partial charge in [-0.3, -0.25) is 9.59 Å². The van der Waals surface area contributed by atoms with Crippen LogP contribution in [0.2, 0.25) is 0 Å². The maximum Gasteiger partial charge on any atom is 0.303 e. The van der Waals surface area contributed by atoms with Crippen LogP contribution in [-0.4, -0.2) is 47.2 Å². The number of aromatic amines is 4. The van der Waals surface area contributed by atoms with Gasteiger partial charge in [0.1, 0.15) is 0 Å². The summed E-state index contributed by atoms with van der Waals surface area (Å²) in [7, 11) is 0. The lowest BCUT2D eigenvalue weighted by Crippen LogP contribution is -2.17. The van der Waals surface area contributed by atoms with E-state index >= 15 is 0 Å². The van der Waals surface area contributed by atoms with Crippen LogP contribution in [0.5, 0.6) is 0 Å². The smallest absolute Gasteiger partial charge is 0.303 e. The molecule has 0 aromatic carbocycles. The molecule has 1 aliphatic rings. The van der Waals surface area contributed by atoms with Gasteiger partial charge in [0.05, 0.1) is 68.2 Å². The van der Waals surface area contributed by atoms with Gasteiger partial charge in [-0.2, -0.15) is 0 Å². The number of carboxylic acids is 2. The molecule has 0 spiro atoms. The predicted molar refractivity (Wildman–Crippen MR) is 199 cm³/mol. The molecule has 8 bridgehead atoms. The molecule has 4 aromatic rings. The summed E-state index contributed by atoms with van der Waals surface area (Å²) < 4.78 is 2.79. The Morgan fingerprint density at radius 2 is 1.13 bits per heavy atom. The summed E-state index contributed by atoms with van der Waals surface area (Å²) in [6, 6.07) is 0. The Morgan fingerprint density at radius 1 is 0.660 bits per heavy atom. The Labute approximate surface area is 304 Å². The standard InChI is InChI=1S/C34H34Br4N4O5/c1-7-17-12(2)27-25(37)34-22(16(6)43)15(5)30(42-34)23(35)28-13(3)18(8-10-20(44)45)32(40-28)26(38)33-19(9-11-21(46)47)14(4)29(41-33)24(36)31(17)39-27/h7,16,39-43H,1,8-11H2,2-6H3,(H,44,45)(H,46,47). The third kappa shape index (κ3) is 6.14. The first-order valence-corrected chi connectivity index (χ1v) is 18.0. The number of halogens is 4. The highest BCUT2D eigenvalue weighted by Gasteiger charge is 2.26. The number of carboxylic acid groups (broad SMARTS) is 2. The predicted octanol–water partition coefficient (Wildman–Crippen LogP) is 5.48. The molecule has 5 heterocycles. The van der Waals surface area contributed by atoms with Crippen molar-refractivity contribution in [3.8, 4) is 0 Å². The molecule has 9 nitrogen and oxygen atoms in total. The molecule has 0 fully saturated rings. The van der Waals surface area contributed by atoms with Gasteiger partial charge in [-0.05, 0) is 145 Å². The molecular weight excluding hydrogens is 864 g/mol. The first kappa shape index (κ1) is 35.5. The summed E-state index contributed by atoms with van der Waals surface area (Å²) in [5.41, 5.74) is 9.62. The number of aliphatic carboxylic acids is 2. The highest BCUT2D eigenvalue weighted by Crippen LogP contribution is 2.36. The second kappa shape index (κ2) is 13.6. The van der Waals surface area contributed by atoms with Crippen LogP contribution >= 0.6 is 63.7 Å². The number of carbonyl (C=O) groups is 2. The first-order valence-electron chi connectivity index (χ1n) is 14.8. The van der Waals surface area contributed by atoms with E-state index in [0.717, 1.165) is 80.9 Å².